The Bertz CT molecular complexity index is 333. The number of likely N-dealkylation sites (tertiary alicyclic amines) is 1. The highest BCUT2D eigenvalue weighted by Crippen LogP contribution is 2.23. The maximum Gasteiger partial charge on any atom is 0.317 e. The summed E-state index contributed by atoms with van der Waals surface area (Å²) in [5, 5.41) is 12.2. The van der Waals surface area contributed by atoms with Gasteiger partial charge >= 0.3 is 12.0 Å². The minimum Gasteiger partial charge on any atom is -0.481 e. The highest BCUT2D eigenvalue weighted by molar-refractivity contribution is 5.77. The smallest absolute Gasteiger partial charge is 0.317 e. The van der Waals surface area contributed by atoms with Crippen molar-refractivity contribution in [1.29, 1.82) is 0 Å². The largest absolute Gasteiger partial charge is 0.481 e. The van der Waals surface area contributed by atoms with E-state index in [1.807, 2.05) is 6.92 Å². The number of amides is 2. The number of carboxylic acids is 1. The second kappa shape index (κ2) is 8.12. The summed E-state index contributed by atoms with van der Waals surface area (Å²) < 4.78 is 0. The summed E-state index contributed by atoms with van der Waals surface area (Å²) in [6, 6.07) is 0.113. The topological polar surface area (TPSA) is 69.6 Å². The van der Waals surface area contributed by atoms with Gasteiger partial charge in [-0.25, -0.2) is 4.79 Å². The van der Waals surface area contributed by atoms with Crippen LogP contribution >= 0.6 is 0 Å². The average molecular weight is 284 g/mol. The van der Waals surface area contributed by atoms with Crippen LogP contribution in [0, 0.1) is 11.8 Å². The minimum absolute atomic E-state index is 0.0264. The number of nitrogens with one attached hydrogen (secondary N) is 1. The van der Waals surface area contributed by atoms with Gasteiger partial charge in [0.25, 0.3) is 0 Å². The lowest BCUT2D eigenvalue weighted by atomic mass is 9.99. The molecule has 1 saturated heterocycles. The number of rotatable bonds is 7. The molecule has 1 fully saturated rings. The zero-order valence-corrected chi connectivity index (χ0v) is 12.9. The molecule has 0 radical (unpaired) electrons. The number of carbonyl (C=O) groups excluding carboxylic acids is 1. The van der Waals surface area contributed by atoms with Crippen LogP contribution in [0.5, 0.6) is 0 Å². The summed E-state index contributed by atoms with van der Waals surface area (Å²) in [6.07, 6.45) is 5.26. The summed E-state index contributed by atoms with van der Waals surface area (Å²) in [5.74, 6) is -1.21. The van der Waals surface area contributed by atoms with Crippen molar-refractivity contribution in [1.82, 2.24) is 10.2 Å². The van der Waals surface area contributed by atoms with Crippen molar-refractivity contribution in [2.45, 2.75) is 58.9 Å². The average Bonchev–Trinajstić information content (AvgIpc) is 2.78. The van der Waals surface area contributed by atoms with Gasteiger partial charge in [-0.05, 0) is 18.8 Å². The first-order valence-corrected chi connectivity index (χ1v) is 7.77. The van der Waals surface area contributed by atoms with Gasteiger partial charge < -0.3 is 15.3 Å². The summed E-state index contributed by atoms with van der Waals surface area (Å²) in [4.78, 5) is 25.0. The molecule has 0 spiro atoms. The third-order valence-electron chi connectivity index (χ3n) is 4.09. The van der Waals surface area contributed by atoms with E-state index in [9.17, 15) is 9.59 Å². The molecule has 0 aromatic carbocycles. The first-order chi connectivity index (χ1) is 9.49. The quantitative estimate of drug-likeness (QED) is 0.755. The zero-order valence-electron chi connectivity index (χ0n) is 12.9. The molecule has 0 saturated carbocycles. The number of hydrogen-bond acceptors (Lipinski definition) is 2. The van der Waals surface area contributed by atoms with Crippen LogP contribution in [0.25, 0.3) is 0 Å². The molecule has 1 unspecified atom stereocenters. The van der Waals surface area contributed by atoms with Crippen molar-refractivity contribution >= 4 is 12.0 Å². The second-order valence-electron chi connectivity index (χ2n) is 5.90. The lowest BCUT2D eigenvalue weighted by Gasteiger charge is -2.23. The molecule has 5 heteroatoms. The number of aliphatic carboxylic acids is 1. The summed E-state index contributed by atoms with van der Waals surface area (Å²) in [6.45, 7) is 7.02. The van der Waals surface area contributed by atoms with Crippen molar-refractivity contribution in [3.05, 3.63) is 0 Å². The fraction of sp³-hybridized carbons (Fsp3) is 0.867. The van der Waals surface area contributed by atoms with Crippen molar-refractivity contribution in [3.8, 4) is 0 Å². The number of carbonyl (C=O) groups is 2. The molecule has 20 heavy (non-hydrogen) atoms. The van der Waals surface area contributed by atoms with Crippen molar-refractivity contribution in [2.24, 2.45) is 11.8 Å². The lowest BCUT2D eigenvalue weighted by molar-refractivity contribution is -0.142. The molecule has 0 aromatic rings. The Morgan fingerprint density at radius 2 is 1.95 bits per heavy atom. The van der Waals surface area contributed by atoms with Crippen LogP contribution in [-0.2, 0) is 4.79 Å². The molecule has 2 N–H and O–H groups in total. The van der Waals surface area contributed by atoms with Gasteiger partial charge in [0.15, 0.2) is 0 Å². The van der Waals surface area contributed by atoms with Crippen LogP contribution in [0.15, 0.2) is 0 Å². The first kappa shape index (κ1) is 16.8. The van der Waals surface area contributed by atoms with E-state index in [1.165, 1.54) is 0 Å². The molecular weight excluding hydrogens is 256 g/mol. The Balaban J connectivity index is 2.50. The predicted molar refractivity (Wildman–Crippen MR) is 78.6 cm³/mol. The van der Waals surface area contributed by atoms with E-state index in [-0.39, 0.29) is 18.0 Å². The molecule has 1 aliphatic heterocycles. The Morgan fingerprint density at radius 3 is 2.45 bits per heavy atom. The molecule has 0 bridgehead atoms. The first-order valence-electron chi connectivity index (χ1n) is 7.77. The molecule has 5 nitrogen and oxygen atoms in total. The minimum atomic E-state index is -0.802. The van der Waals surface area contributed by atoms with E-state index in [4.69, 9.17) is 5.11 Å². The standard InChI is InChI=1S/C15H28N2O3/c1-4-6-8-12(7-5-2)16-15(20)17-9-11(3)13(10-17)14(18)19/h11-13H,4-10H2,1-3H3,(H,16,20)(H,18,19)/t11-,12?,13-/m1/s1. The van der Waals surface area contributed by atoms with Crippen molar-refractivity contribution in [3.63, 3.8) is 0 Å². The van der Waals surface area contributed by atoms with Gasteiger partial charge in [-0.1, -0.05) is 40.0 Å². The van der Waals surface area contributed by atoms with Gasteiger partial charge in [-0.15, -0.1) is 0 Å². The van der Waals surface area contributed by atoms with Crippen LogP contribution in [0.3, 0.4) is 0 Å². The number of nitrogens with zero attached hydrogens (tertiary/aromatic N) is 1. The Hall–Kier alpha value is -1.26. The van der Waals surface area contributed by atoms with Gasteiger partial charge in [0.1, 0.15) is 0 Å². The maximum absolute atomic E-state index is 12.2. The molecule has 2 amide bonds. The van der Waals surface area contributed by atoms with Crippen LogP contribution in [0.4, 0.5) is 4.79 Å². The number of hydrogen-bond donors (Lipinski definition) is 2. The Labute approximate surface area is 121 Å². The fourth-order valence-corrected chi connectivity index (χ4v) is 2.81. The SMILES string of the molecule is CCCCC(CCC)NC(=O)N1C[C@@H](C)[C@H](C(=O)O)C1. The summed E-state index contributed by atoms with van der Waals surface area (Å²) >= 11 is 0. The van der Waals surface area contributed by atoms with Crippen molar-refractivity contribution < 1.29 is 14.7 Å². The maximum atomic E-state index is 12.2. The normalized spacial score (nSPS) is 23.6. The van der Waals surface area contributed by atoms with E-state index in [0.717, 1.165) is 32.1 Å². The van der Waals surface area contributed by atoms with Gasteiger partial charge in [-0.2, -0.15) is 0 Å². The number of unbranched alkanes of at least 4 members (excludes halogenated alkanes) is 1. The highest BCUT2D eigenvalue weighted by atomic mass is 16.4. The third-order valence-corrected chi connectivity index (χ3v) is 4.09. The number of carboxylic acid groups (broad SMARTS) is 1. The summed E-state index contributed by atoms with van der Waals surface area (Å²) in [7, 11) is 0. The zero-order chi connectivity index (χ0) is 15.1. The van der Waals surface area contributed by atoms with E-state index < -0.39 is 11.9 Å². The van der Waals surface area contributed by atoms with Crippen LogP contribution < -0.4 is 5.32 Å². The third kappa shape index (κ3) is 4.69. The van der Waals surface area contributed by atoms with E-state index in [2.05, 4.69) is 19.2 Å². The van der Waals surface area contributed by atoms with Gasteiger partial charge in [0, 0.05) is 19.1 Å². The predicted octanol–water partition coefficient (Wildman–Crippen LogP) is 2.71. The Morgan fingerprint density at radius 1 is 1.25 bits per heavy atom. The van der Waals surface area contributed by atoms with Crippen LogP contribution in [0.1, 0.15) is 52.9 Å². The summed E-state index contributed by atoms with van der Waals surface area (Å²) in [5.41, 5.74) is 0. The molecular formula is C15H28N2O3. The molecule has 1 rings (SSSR count). The van der Waals surface area contributed by atoms with Gasteiger partial charge in [0.2, 0.25) is 0 Å². The van der Waals surface area contributed by atoms with Gasteiger partial charge in [-0.3, -0.25) is 4.79 Å². The van der Waals surface area contributed by atoms with Gasteiger partial charge in [0.05, 0.1) is 5.92 Å². The van der Waals surface area contributed by atoms with E-state index in [0.29, 0.717) is 13.1 Å². The lowest BCUT2D eigenvalue weighted by Crippen LogP contribution is -2.44. The molecule has 1 heterocycles. The highest BCUT2D eigenvalue weighted by Gasteiger charge is 2.37. The Kier molecular flexibility index (Phi) is 6.82. The fourth-order valence-electron chi connectivity index (χ4n) is 2.81. The molecule has 1 aliphatic rings. The van der Waals surface area contributed by atoms with E-state index >= 15 is 0 Å². The molecule has 116 valence electrons. The van der Waals surface area contributed by atoms with Crippen LogP contribution in [-0.4, -0.2) is 41.1 Å². The van der Waals surface area contributed by atoms with E-state index in [1.54, 1.807) is 4.90 Å². The molecule has 0 aromatic heterocycles. The number of urea groups is 1. The monoisotopic (exact) mass is 284 g/mol. The second-order valence-corrected chi connectivity index (χ2v) is 5.90. The van der Waals surface area contributed by atoms with Crippen molar-refractivity contribution in [2.75, 3.05) is 13.1 Å². The van der Waals surface area contributed by atoms with Crippen LogP contribution in [0.2, 0.25) is 0 Å². The molecule has 0 aliphatic carbocycles. The molecule has 3 atom stereocenters.